The van der Waals surface area contributed by atoms with Gasteiger partial charge in [0.15, 0.2) is 0 Å². The van der Waals surface area contributed by atoms with Gasteiger partial charge in [-0.15, -0.1) is 0 Å². The summed E-state index contributed by atoms with van der Waals surface area (Å²) in [7, 11) is -3.00. The Hall–Kier alpha value is -0.790. The van der Waals surface area contributed by atoms with E-state index in [0.717, 1.165) is 24.8 Å². The Morgan fingerprint density at radius 3 is 2.50 bits per heavy atom. The number of benzene rings is 1. The van der Waals surface area contributed by atoms with E-state index in [9.17, 15) is 4.57 Å². The Bertz CT molecular complexity index is 392. The van der Waals surface area contributed by atoms with E-state index in [4.69, 9.17) is 9.05 Å². The number of unbranched alkanes of at least 4 members (excludes halogenated alkanes) is 1. The number of aryl methyl sites for hydroxylation is 1. The van der Waals surface area contributed by atoms with E-state index in [2.05, 4.69) is 6.92 Å². The standard InChI is InChI=1S/C14H23O3P/c1-4-6-12-18(15,16-11-5-2)17-14-10-8-7-9-13(14)3/h7-10H,4-6,11-12H2,1-3H3. The van der Waals surface area contributed by atoms with Crippen molar-refractivity contribution in [1.29, 1.82) is 0 Å². The van der Waals surface area contributed by atoms with Gasteiger partial charge < -0.3 is 4.52 Å². The molecule has 1 aromatic carbocycles. The maximum Gasteiger partial charge on any atom is 0.379 e. The molecule has 0 bridgehead atoms. The fourth-order valence-electron chi connectivity index (χ4n) is 1.53. The van der Waals surface area contributed by atoms with E-state index in [1.807, 2.05) is 38.1 Å². The molecule has 0 aromatic heterocycles. The summed E-state index contributed by atoms with van der Waals surface area (Å²) in [5.74, 6) is 0.660. The smallest absolute Gasteiger partial charge is 0.379 e. The summed E-state index contributed by atoms with van der Waals surface area (Å²) >= 11 is 0. The largest absolute Gasteiger partial charge is 0.424 e. The van der Waals surface area contributed by atoms with Crippen LogP contribution in [0.4, 0.5) is 0 Å². The molecule has 1 aromatic rings. The molecule has 18 heavy (non-hydrogen) atoms. The average molecular weight is 270 g/mol. The molecular weight excluding hydrogens is 247 g/mol. The first-order valence-electron chi connectivity index (χ1n) is 6.60. The second kappa shape index (κ2) is 7.60. The van der Waals surface area contributed by atoms with Crippen molar-refractivity contribution in [3.05, 3.63) is 29.8 Å². The molecule has 0 aliphatic carbocycles. The zero-order valence-electron chi connectivity index (χ0n) is 11.5. The van der Waals surface area contributed by atoms with Gasteiger partial charge in [0.05, 0.1) is 12.8 Å². The fraction of sp³-hybridized carbons (Fsp3) is 0.571. The zero-order chi connectivity index (χ0) is 13.4. The summed E-state index contributed by atoms with van der Waals surface area (Å²) in [6.07, 6.45) is 3.16. The quantitative estimate of drug-likeness (QED) is 0.637. The predicted molar refractivity (Wildman–Crippen MR) is 75.4 cm³/mol. The molecule has 0 amide bonds. The van der Waals surface area contributed by atoms with Crippen molar-refractivity contribution in [2.75, 3.05) is 12.8 Å². The van der Waals surface area contributed by atoms with E-state index in [-0.39, 0.29) is 0 Å². The number of para-hydroxylation sites is 1. The first kappa shape index (κ1) is 15.3. The first-order chi connectivity index (χ1) is 8.61. The number of hydrogen-bond acceptors (Lipinski definition) is 3. The summed E-state index contributed by atoms with van der Waals surface area (Å²) in [5, 5.41) is 0. The van der Waals surface area contributed by atoms with Crippen molar-refractivity contribution in [3.8, 4) is 5.75 Å². The lowest BCUT2D eigenvalue weighted by atomic mass is 10.2. The van der Waals surface area contributed by atoms with Crippen LogP contribution in [0.3, 0.4) is 0 Å². The number of rotatable bonds is 8. The SMILES string of the molecule is CCCCP(=O)(OCCC)Oc1ccccc1C. The van der Waals surface area contributed by atoms with Gasteiger partial charge in [0, 0.05) is 0 Å². The highest BCUT2D eigenvalue weighted by atomic mass is 31.2. The van der Waals surface area contributed by atoms with E-state index in [1.165, 1.54) is 0 Å². The summed E-state index contributed by atoms with van der Waals surface area (Å²) in [6.45, 7) is 6.49. The van der Waals surface area contributed by atoms with E-state index in [0.29, 0.717) is 18.5 Å². The van der Waals surface area contributed by atoms with Gasteiger partial charge in [0.1, 0.15) is 5.75 Å². The van der Waals surface area contributed by atoms with Crippen LogP contribution in [0.2, 0.25) is 0 Å². The molecule has 1 atom stereocenters. The number of hydrogen-bond donors (Lipinski definition) is 0. The van der Waals surface area contributed by atoms with Crippen molar-refractivity contribution < 1.29 is 13.6 Å². The third-order valence-electron chi connectivity index (χ3n) is 2.61. The van der Waals surface area contributed by atoms with Gasteiger partial charge >= 0.3 is 7.60 Å². The van der Waals surface area contributed by atoms with Crippen LogP contribution in [0.15, 0.2) is 24.3 Å². The fourth-order valence-corrected chi connectivity index (χ4v) is 3.47. The predicted octanol–water partition coefficient (Wildman–Crippen LogP) is 4.79. The molecular formula is C14H23O3P. The maximum atomic E-state index is 12.6. The normalized spacial score (nSPS) is 14.2. The van der Waals surface area contributed by atoms with Crippen molar-refractivity contribution in [2.24, 2.45) is 0 Å². The minimum atomic E-state index is -3.00. The van der Waals surface area contributed by atoms with Crippen LogP contribution in [0.5, 0.6) is 5.75 Å². The lowest BCUT2D eigenvalue weighted by Gasteiger charge is -2.20. The Labute approximate surface area is 110 Å². The third-order valence-corrected chi connectivity index (χ3v) is 4.52. The molecule has 0 saturated carbocycles. The molecule has 0 aliphatic heterocycles. The van der Waals surface area contributed by atoms with E-state index in [1.54, 1.807) is 0 Å². The topological polar surface area (TPSA) is 35.5 Å². The van der Waals surface area contributed by atoms with Gasteiger partial charge in [-0.1, -0.05) is 38.5 Å². The molecule has 0 N–H and O–H groups in total. The zero-order valence-corrected chi connectivity index (χ0v) is 12.4. The lowest BCUT2D eigenvalue weighted by molar-refractivity contribution is 0.264. The van der Waals surface area contributed by atoms with Gasteiger partial charge in [0.25, 0.3) is 0 Å². The Kier molecular flexibility index (Phi) is 6.45. The molecule has 0 heterocycles. The molecule has 1 rings (SSSR count). The highest BCUT2D eigenvalue weighted by Crippen LogP contribution is 2.49. The maximum absolute atomic E-state index is 12.6. The first-order valence-corrected chi connectivity index (χ1v) is 8.33. The Morgan fingerprint density at radius 2 is 1.89 bits per heavy atom. The molecule has 0 spiro atoms. The van der Waals surface area contributed by atoms with Gasteiger partial charge in [0.2, 0.25) is 0 Å². The van der Waals surface area contributed by atoms with Crippen molar-refractivity contribution in [1.82, 2.24) is 0 Å². The second-order valence-corrected chi connectivity index (χ2v) is 6.49. The molecule has 0 saturated heterocycles. The van der Waals surface area contributed by atoms with Crippen LogP contribution in [-0.4, -0.2) is 12.8 Å². The highest BCUT2D eigenvalue weighted by molar-refractivity contribution is 7.54. The van der Waals surface area contributed by atoms with Crippen LogP contribution in [0.1, 0.15) is 38.7 Å². The highest BCUT2D eigenvalue weighted by Gasteiger charge is 2.25. The molecule has 0 radical (unpaired) electrons. The summed E-state index contributed by atoms with van der Waals surface area (Å²) in [4.78, 5) is 0. The Morgan fingerprint density at radius 1 is 1.17 bits per heavy atom. The molecule has 4 heteroatoms. The molecule has 1 unspecified atom stereocenters. The summed E-state index contributed by atoms with van der Waals surface area (Å²) in [5.41, 5.74) is 0.981. The van der Waals surface area contributed by atoms with Crippen LogP contribution in [0, 0.1) is 6.92 Å². The lowest BCUT2D eigenvalue weighted by Crippen LogP contribution is -2.04. The van der Waals surface area contributed by atoms with Gasteiger partial charge in [-0.3, -0.25) is 4.52 Å². The monoisotopic (exact) mass is 270 g/mol. The van der Waals surface area contributed by atoms with Crippen LogP contribution < -0.4 is 4.52 Å². The van der Waals surface area contributed by atoms with Crippen molar-refractivity contribution >= 4 is 7.60 Å². The van der Waals surface area contributed by atoms with E-state index >= 15 is 0 Å². The van der Waals surface area contributed by atoms with Gasteiger partial charge in [-0.05, 0) is 31.4 Å². The molecule has 3 nitrogen and oxygen atoms in total. The van der Waals surface area contributed by atoms with Gasteiger partial charge in [-0.25, -0.2) is 4.57 Å². The van der Waals surface area contributed by atoms with E-state index < -0.39 is 7.60 Å². The summed E-state index contributed by atoms with van der Waals surface area (Å²) < 4.78 is 23.8. The minimum absolute atomic E-state index is 0.479. The van der Waals surface area contributed by atoms with Crippen LogP contribution >= 0.6 is 7.60 Å². The van der Waals surface area contributed by atoms with Crippen LogP contribution in [0.25, 0.3) is 0 Å². The van der Waals surface area contributed by atoms with Crippen molar-refractivity contribution in [2.45, 2.75) is 40.0 Å². The summed E-state index contributed by atoms with van der Waals surface area (Å²) in [6, 6.07) is 7.60. The van der Waals surface area contributed by atoms with Crippen molar-refractivity contribution in [3.63, 3.8) is 0 Å². The molecule has 102 valence electrons. The molecule has 0 aliphatic rings. The van der Waals surface area contributed by atoms with Crippen LogP contribution in [-0.2, 0) is 9.09 Å². The Balaban J connectivity index is 2.77. The third kappa shape index (κ3) is 4.83. The molecule has 0 fully saturated rings. The van der Waals surface area contributed by atoms with Gasteiger partial charge in [-0.2, -0.15) is 0 Å². The second-order valence-electron chi connectivity index (χ2n) is 4.38. The minimum Gasteiger partial charge on any atom is -0.424 e. The average Bonchev–Trinajstić information content (AvgIpc) is 2.37.